The van der Waals surface area contributed by atoms with Crippen LogP contribution in [0.3, 0.4) is 0 Å². The third-order valence-electron chi connectivity index (χ3n) is 6.20. The van der Waals surface area contributed by atoms with E-state index in [9.17, 15) is 18.8 Å². The zero-order valence-electron chi connectivity index (χ0n) is 20.2. The van der Waals surface area contributed by atoms with Crippen molar-refractivity contribution < 1.29 is 27.9 Å². The minimum absolute atomic E-state index is 0.0555. The number of ether oxygens (including phenoxy) is 1. The minimum Gasteiger partial charge on any atom is -0.466 e. The second-order valence-electron chi connectivity index (χ2n) is 8.77. The number of carbonyl (C=O) groups is 3. The van der Waals surface area contributed by atoms with E-state index < -0.39 is 0 Å². The molecule has 7 nitrogen and oxygen atoms in total. The van der Waals surface area contributed by atoms with Crippen LogP contribution in [0.5, 0.6) is 0 Å². The number of esters is 1. The quantitative estimate of drug-likeness (QED) is 0.429. The average molecular weight is 493 g/mol. The van der Waals surface area contributed by atoms with Crippen molar-refractivity contribution in [3.05, 3.63) is 89.6 Å². The van der Waals surface area contributed by atoms with Gasteiger partial charge in [-0.1, -0.05) is 24.3 Å². The van der Waals surface area contributed by atoms with E-state index in [-0.39, 0.29) is 48.2 Å². The molecule has 1 aliphatic heterocycles. The summed E-state index contributed by atoms with van der Waals surface area (Å²) in [6.45, 7) is 3.24. The van der Waals surface area contributed by atoms with Gasteiger partial charge in [-0.05, 0) is 67.3 Å². The molecule has 188 valence electrons. The molecule has 0 aliphatic carbocycles. The highest BCUT2D eigenvalue weighted by molar-refractivity contribution is 6.04. The normalized spacial score (nSPS) is 15.4. The SMILES string of the molecule is CCOC(=O)C1CCCN(C(=O)Cc2ccc(N(Cc3cccc(F)c3)C(=O)c3ccco3)cc2)C1. The second-order valence-corrected chi connectivity index (χ2v) is 8.77. The number of furan rings is 1. The van der Waals surface area contributed by atoms with E-state index >= 15 is 0 Å². The predicted molar refractivity (Wildman–Crippen MR) is 132 cm³/mol. The molecule has 8 heteroatoms. The molecule has 2 heterocycles. The fourth-order valence-electron chi connectivity index (χ4n) is 4.37. The molecular formula is C28H29FN2O5. The summed E-state index contributed by atoms with van der Waals surface area (Å²) in [7, 11) is 0. The van der Waals surface area contributed by atoms with Crippen molar-refractivity contribution >= 4 is 23.5 Å². The summed E-state index contributed by atoms with van der Waals surface area (Å²) < 4.78 is 24.2. The molecule has 0 radical (unpaired) electrons. The van der Waals surface area contributed by atoms with Crippen LogP contribution in [0.1, 0.15) is 41.4 Å². The molecular weight excluding hydrogens is 463 g/mol. The minimum atomic E-state index is -0.380. The number of amides is 2. The number of likely N-dealkylation sites (tertiary alicyclic amines) is 1. The lowest BCUT2D eigenvalue weighted by atomic mass is 9.97. The zero-order chi connectivity index (χ0) is 25.5. The van der Waals surface area contributed by atoms with Crippen molar-refractivity contribution in [3.8, 4) is 0 Å². The highest BCUT2D eigenvalue weighted by atomic mass is 19.1. The van der Waals surface area contributed by atoms with Crippen LogP contribution in [0.4, 0.5) is 10.1 Å². The van der Waals surface area contributed by atoms with Crippen LogP contribution in [-0.2, 0) is 27.3 Å². The smallest absolute Gasteiger partial charge is 0.310 e. The Balaban J connectivity index is 1.46. The topological polar surface area (TPSA) is 80.1 Å². The maximum atomic E-state index is 13.7. The maximum absolute atomic E-state index is 13.7. The Morgan fingerprint density at radius 1 is 1.08 bits per heavy atom. The Morgan fingerprint density at radius 2 is 1.89 bits per heavy atom. The number of hydrogen-bond donors (Lipinski definition) is 0. The van der Waals surface area contributed by atoms with Gasteiger partial charge in [0.2, 0.25) is 5.91 Å². The number of anilines is 1. The van der Waals surface area contributed by atoms with Crippen LogP contribution in [0, 0.1) is 11.7 Å². The molecule has 1 aliphatic rings. The Morgan fingerprint density at radius 3 is 2.58 bits per heavy atom. The summed E-state index contributed by atoms with van der Waals surface area (Å²) in [6, 6.07) is 16.4. The van der Waals surface area contributed by atoms with Gasteiger partial charge in [0, 0.05) is 18.8 Å². The third-order valence-corrected chi connectivity index (χ3v) is 6.20. The molecule has 0 bridgehead atoms. The molecule has 1 atom stereocenters. The lowest BCUT2D eigenvalue weighted by Crippen LogP contribution is -2.43. The van der Waals surface area contributed by atoms with E-state index in [2.05, 4.69) is 0 Å². The molecule has 2 aromatic carbocycles. The van der Waals surface area contributed by atoms with Gasteiger partial charge in [0.05, 0.1) is 31.8 Å². The molecule has 1 aromatic heterocycles. The van der Waals surface area contributed by atoms with Crippen LogP contribution in [-0.4, -0.2) is 42.4 Å². The van der Waals surface area contributed by atoms with E-state index in [0.717, 1.165) is 18.4 Å². The maximum Gasteiger partial charge on any atom is 0.310 e. The van der Waals surface area contributed by atoms with E-state index in [4.69, 9.17) is 9.15 Å². The van der Waals surface area contributed by atoms with Crippen molar-refractivity contribution in [3.63, 3.8) is 0 Å². The number of hydrogen-bond acceptors (Lipinski definition) is 5. The molecule has 1 saturated heterocycles. The van der Waals surface area contributed by atoms with Gasteiger partial charge >= 0.3 is 5.97 Å². The highest BCUT2D eigenvalue weighted by Gasteiger charge is 2.29. The standard InChI is InChI=1S/C28H29FN2O5/c1-2-35-28(34)22-7-4-14-30(19-22)26(32)17-20-10-12-24(13-11-20)31(27(33)25-9-5-15-36-25)18-21-6-3-8-23(29)16-21/h3,5-6,8-13,15-16,22H,2,4,7,14,17-19H2,1H3. The fraction of sp³-hybridized carbons (Fsp3) is 0.321. The lowest BCUT2D eigenvalue weighted by molar-refractivity contribution is -0.151. The molecule has 2 amide bonds. The number of benzene rings is 2. The number of rotatable bonds is 8. The van der Waals surface area contributed by atoms with Gasteiger partial charge in [-0.15, -0.1) is 0 Å². The van der Waals surface area contributed by atoms with Crippen LogP contribution in [0.2, 0.25) is 0 Å². The van der Waals surface area contributed by atoms with Gasteiger partial charge in [-0.3, -0.25) is 14.4 Å². The average Bonchev–Trinajstić information content (AvgIpc) is 3.43. The number of nitrogens with zero attached hydrogens (tertiary/aromatic N) is 2. The first-order chi connectivity index (χ1) is 17.4. The Hall–Kier alpha value is -3.94. The molecule has 4 rings (SSSR count). The van der Waals surface area contributed by atoms with Gasteiger partial charge in [-0.25, -0.2) is 4.39 Å². The van der Waals surface area contributed by atoms with Crippen LogP contribution in [0.25, 0.3) is 0 Å². The van der Waals surface area contributed by atoms with E-state index in [1.807, 2.05) is 0 Å². The predicted octanol–water partition coefficient (Wildman–Crippen LogP) is 4.61. The number of carbonyl (C=O) groups excluding carboxylic acids is 3. The number of halogens is 1. The Kier molecular flexibility index (Phi) is 8.15. The van der Waals surface area contributed by atoms with Crippen molar-refractivity contribution in [2.45, 2.75) is 32.7 Å². The van der Waals surface area contributed by atoms with Crippen molar-refractivity contribution in [1.29, 1.82) is 0 Å². The van der Waals surface area contributed by atoms with Gasteiger partial charge < -0.3 is 19.0 Å². The second kappa shape index (κ2) is 11.7. The molecule has 1 fully saturated rings. The van der Waals surface area contributed by atoms with Crippen molar-refractivity contribution in [2.75, 3.05) is 24.6 Å². The lowest BCUT2D eigenvalue weighted by Gasteiger charge is -2.31. The van der Waals surface area contributed by atoms with E-state index in [0.29, 0.717) is 30.9 Å². The van der Waals surface area contributed by atoms with Crippen LogP contribution in [0.15, 0.2) is 71.3 Å². The summed E-state index contributed by atoms with van der Waals surface area (Å²) >= 11 is 0. The summed E-state index contributed by atoms with van der Waals surface area (Å²) in [5.41, 5.74) is 2.02. The van der Waals surface area contributed by atoms with Crippen LogP contribution >= 0.6 is 0 Å². The van der Waals surface area contributed by atoms with E-state index in [1.54, 1.807) is 60.4 Å². The van der Waals surface area contributed by atoms with Gasteiger partial charge in [-0.2, -0.15) is 0 Å². The molecule has 1 unspecified atom stereocenters. The highest BCUT2D eigenvalue weighted by Crippen LogP contribution is 2.23. The third kappa shape index (κ3) is 6.19. The molecule has 0 spiro atoms. The Labute approximate surface area is 209 Å². The van der Waals surface area contributed by atoms with Gasteiger partial charge in [0.15, 0.2) is 5.76 Å². The fourth-order valence-corrected chi connectivity index (χ4v) is 4.37. The molecule has 0 saturated carbocycles. The molecule has 3 aromatic rings. The zero-order valence-corrected chi connectivity index (χ0v) is 20.2. The summed E-state index contributed by atoms with van der Waals surface area (Å²) in [4.78, 5) is 41.4. The first kappa shape index (κ1) is 25.2. The van der Waals surface area contributed by atoms with Gasteiger partial charge in [0.25, 0.3) is 5.91 Å². The van der Waals surface area contributed by atoms with Gasteiger partial charge in [0.1, 0.15) is 5.82 Å². The summed E-state index contributed by atoms with van der Waals surface area (Å²) in [5, 5.41) is 0. The van der Waals surface area contributed by atoms with E-state index in [1.165, 1.54) is 23.3 Å². The molecule has 36 heavy (non-hydrogen) atoms. The Bertz CT molecular complexity index is 1190. The first-order valence-corrected chi connectivity index (χ1v) is 12.1. The largest absolute Gasteiger partial charge is 0.466 e. The number of piperidine rings is 1. The summed E-state index contributed by atoms with van der Waals surface area (Å²) in [6.07, 6.45) is 3.10. The van der Waals surface area contributed by atoms with Crippen molar-refractivity contribution in [2.24, 2.45) is 5.92 Å². The molecule has 0 N–H and O–H groups in total. The monoisotopic (exact) mass is 492 g/mol. The first-order valence-electron chi connectivity index (χ1n) is 12.1. The summed E-state index contributed by atoms with van der Waals surface area (Å²) in [5.74, 6) is -1.15. The van der Waals surface area contributed by atoms with Crippen molar-refractivity contribution in [1.82, 2.24) is 4.90 Å². The van der Waals surface area contributed by atoms with Crippen LogP contribution < -0.4 is 4.90 Å².